The second-order valence-electron chi connectivity index (χ2n) is 9.62. The van der Waals surface area contributed by atoms with Crippen LogP contribution >= 0.6 is 0 Å². The van der Waals surface area contributed by atoms with Crippen molar-refractivity contribution in [1.29, 1.82) is 0 Å². The maximum atomic E-state index is 14.2. The minimum Gasteiger partial charge on any atom is -0.309 e. The van der Waals surface area contributed by atoms with Gasteiger partial charge >= 0.3 is 0 Å². The largest absolute Gasteiger partial charge is 0.309 e. The molecule has 2 aromatic heterocycles. The van der Waals surface area contributed by atoms with Gasteiger partial charge in [-0.15, -0.1) is 0 Å². The second kappa shape index (κ2) is 10.9. The maximum absolute atomic E-state index is 14.2. The lowest BCUT2D eigenvalue weighted by Gasteiger charge is -2.15. The number of anilines is 1. The predicted molar refractivity (Wildman–Crippen MR) is 161 cm³/mol. The zero-order valence-electron chi connectivity index (χ0n) is 22.4. The van der Waals surface area contributed by atoms with Crippen molar-refractivity contribution >= 4 is 53.6 Å². The van der Waals surface area contributed by atoms with Gasteiger partial charge in [-0.1, -0.05) is 60.7 Å². The molecule has 0 bridgehead atoms. The summed E-state index contributed by atoms with van der Waals surface area (Å²) < 4.78 is 59.9. The molecule has 0 saturated carbocycles. The van der Waals surface area contributed by atoms with Gasteiger partial charge in [0.25, 0.3) is 15.7 Å². The molecule has 0 fully saturated rings. The molecule has 0 radical (unpaired) electrons. The number of nitro benzene ring substituents is 1. The highest BCUT2D eigenvalue weighted by molar-refractivity contribution is 7.93. The van der Waals surface area contributed by atoms with E-state index >= 15 is 0 Å². The van der Waals surface area contributed by atoms with Crippen molar-refractivity contribution < 1.29 is 21.8 Å². The molecule has 2 heterocycles. The van der Waals surface area contributed by atoms with Crippen LogP contribution in [-0.4, -0.2) is 36.3 Å². The number of hydrogen-bond acceptors (Lipinski definition) is 8. The number of aryl methyl sites for hydroxylation is 2. The third-order valence-corrected chi connectivity index (χ3v) is 10.1. The molecule has 4 aromatic carbocycles. The Hall–Kier alpha value is -5.14. The summed E-state index contributed by atoms with van der Waals surface area (Å²) in [7, 11) is -8.77. The minimum atomic E-state index is -4.43. The molecule has 0 aliphatic carbocycles. The number of sulfone groups is 1. The summed E-state index contributed by atoms with van der Waals surface area (Å²) in [5, 5.41) is 11.1. The zero-order valence-corrected chi connectivity index (χ0v) is 24.0. The molecule has 0 spiro atoms. The molecule has 13 heteroatoms. The van der Waals surface area contributed by atoms with Crippen molar-refractivity contribution in [2.45, 2.75) is 27.7 Å². The van der Waals surface area contributed by atoms with Crippen LogP contribution in [-0.2, 0) is 32.8 Å². The smallest absolute Gasteiger partial charge is 0.269 e. The number of sulfonamides is 1. The lowest BCUT2D eigenvalue weighted by Crippen LogP contribution is -2.19. The summed E-state index contributed by atoms with van der Waals surface area (Å²) in [5.41, 5.74) is 1.78. The molecular formula is C30H23N5O6S2. The predicted octanol–water partition coefficient (Wildman–Crippen LogP) is 5.37. The molecule has 11 nitrogen and oxygen atoms in total. The number of aromatic nitrogens is 3. The lowest BCUT2D eigenvalue weighted by atomic mass is 10.1. The van der Waals surface area contributed by atoms with Crippen LogP contribution in [0.3, 0.4) is 0 Å². The number of nitrogens with one attached hydrogen (secondary N) is 1. The van der Waals surface area contributed by atoms with Crippen LogP contribution in [0.2, 0.25) is 0 Å². The van der Waals surface area contributed by atoms with Crippen molar-refractivity contribution in [1.82, 2.24) is 14.5 Å². The maximum Gasteiger partial charge on any atom is 0.269 e. The Morgan fingerprint density at radius 1 is 0.721 bits per heavy atom. The molecule has 0 atom stereocenters. The topological polar surface area (TPSA) is 154 Å². The number of benzene rings is 4. The fourth-order valence-corrected chi connectivity index (χ4v) is 7.48. The highest BCUT2D eigenvalue weighted by atomic mass is 32.2. The SMILES string of the molecule is O=[N+]([O-])c1ccc(S(=O)(=O)Nc2c(S(=O)(=O)c3ccccc3)c3nc4ccccc4nc3n2CCc2ccccc2)cc1. The van der Waals surface area contributed by atoms with E-state index in [1.165, 1.54) is 16.7 Å². The van der Waals surface area contributed by atoms with Crippen LogP contribution in [0.5, 0.6) is 0 Å². The molecular weight excluding hydrogens is 590 g/mol. The standard InChI is InChI=1S/C30H23N5O6S2/c36-35(37)22-15-17-24(18-16-22)43(40,41)33-30-28(42(38,39)23-11-5-2-6-12-23)27-29(32-26-14-8-7-13-25(26)31-27)34(30)20-19-21-9-3-1-4-10-21/h1-18,33H,19-20H2. The number of nitrogens with zero attached hydrogens (tertiary/aromatic N) is 4. The third-order valence-electron chi connectivity index (χ3n) is 6.89. The van der Waals surface area contributed by atoms with Crippen LogP contribution in [0.25, 0.3) is 22.2 Å². The molecule has 6 rings (SSSR count). The lowest BCUT2D eigenvalue weighted by molar-refractivity contribution is -0.384. The van der Waals surface area contributed by atoms with Crippen LogP contribution < -0.4 is 4.72 Å². The molecule has 0 aliphatic rings. The van der Waals surface area contributed by atoms with Crippen LogP contribution in [0, 0.1) is 10.1 Å². The molecule has 0 saturated heterocycles. The molecule has 6 aromatic rings. The first kappa shape index (κ1) is 28.0. The van der Waals surface area contributed by atoms with Crippen LogP contribution in [0.15, 0.2) is 124 Å². The van der Waals surface area contributed by atoms with Gasteiger partial charge in [-0.25, -0.2) is 26.8 Å². The Labute approximate surface area is 246 Å². The first-order valence-electron chi connectivity index (χ1n) is 13.1. The van der Waals surface area contributed by atoms with Gasteiger partial charge in [-0.3, -0.25) is 14.8 Å². The Bertz CT molecular complexity index is 2200. The van der Waals surface area contributed by atoms with Crippen molar-refractivity contribution in [3.05, 3.63) is 125 Å². The minimum absolute atomic E-state index is 0.0111. The summed E-state index contributed by atoms with van der Waals surface area (Å²) in [6, 6.07) is 28.4. The fraction of sp³-hybridized carbons (Fsp3) is 0.0667. The van der Waals surface area contributed by atoms with Crippen LogP contribution in [0.1, 0.15) is 5.56 Å². The van der Waals surface area contributed by atoms with Gasteiger partial charge < -0.3 is 4.57 Å². The third kappa shape index (κ3) is 5.31. The number of para-hydroxylation sites is 2. The van der Waals surface area contributed by atoms with Crippen LogP contribution in [0.4, 0.5) is 11.5 Å². The average Bonchev–Trinajstić information content (AvgIpc) is 3.31. The number of fused-ring (bicyclic) bond motifs is 2. The Morgan fingerprint density at radius 3 is 1.93 bits per heavy atom. The van der Waals surface area contributed by atoms with E-state index in [-0.39, 0.29) is 43.9 Å². The van der Waals surface area contributed by atoms with E-state index in [0.29, 0.717) is 17.5 Å². The Morgan fingerprint density at radius 2 is 1.30 bits per heavy atom. The highest BCUT2D eigenvalue weighted by Gasteiger charge is 2.33. The number of non-ortho nitro benzene ring substituents is 1. The summed E-state index contributed by atoms with van der Waals surface area (Å²) in [4.78, 5) is 19.2. The van der Waals surface area contributed by atoms with E-state index in [1.807, 2.05) is 30.3 Å². The normalized spacial score (nSPS) is 12.0. The summed E-state index contributed by atoms with van der Waals surface area (Å²) >= 11 is 0. The van der Waals surface area contributed by atoms with Crippen molar-refractivity contribution in [3.63, 3.8) is 0 Å². The molecule has 0 amide bonds. The molecule has 0 unspecified atom stereocenters. The van der Waals surface area contributed by atoms with E-state index in [2.05, 4.69) is 9.71 Å². The van der Waals surface area contributed by atoms with Gasteiger partial charge in [0.05, 0.1) is 25.7 Å². The zero-order chi connectivity index (χ0) is 30.2. The Balaban J connectivity index is 1.62. The van der Waals surface area contributed by atoms with Gasteiger partial charge in [0.15, 0.2) is 5.65 Å². The van der Waals surface area contributed by atoms with E-state index < -0.39 is 24.8 Å². The highest BCUT2D eigenvalue weighted by Crippen LogP contribution is 2.38. The summed E-state index contributed by atoms with van der Waals surface area (Å²) in [5.74, 6) is -0.233. The quantitative estimate of drug-likeness (QED) is 0.169. The monoisotopic (exact) mass is 613 g/mol. The Kier molecular flexibility index (Phi) is 7.12. The van der Waals surface area contributed by atoms with Gasteiger partial charge in [-0.05, 0) is 48.4 Å². The first-order chi connectivity index (χ1) is 20.6. The van der Waals surface area contributed by atoms with E-state index in [4.69, 9.17) is 4.98 Å². The average molecular weight is 614 g/mol. The second-order valence-corrected chi connectivity index (χ2v) is 13.2. The molecule has 216 valence electrons. The fourth-order valence-electron chi connectivity index (χ4n) is 4.78. The van der Waals surface area contributed by atoms with Gasteiger partial charge in [0.1, 0.15) is 16.2 Å². The van der Waals surface area contributed by atoms with Crippen molar-refractivity contribution in [2.75, 3.05) is 4.72 Å². The first-order valence-corrected chi connectivity index (χ1v) is 16.0. The molecule has 43 heavy (non-hydrogen) atoms. The number of rotatable bonds is 9. The summed E-state index contributed by atoms with van der Waals surface area (Å²) in [6.45, 7) is 0.163. The van der Waals surface area contributed by atoms with Gasteiger partial charge in [0, 0.05) is 18.7 Å². The van der Waals surface area contributed by atoms with E-state index in [1.54, 1.807) is 42.5 Å². The van der Waals surface area contributed by atoms with E-state index in [0.717, 1.165) is 29.8 Å². The van der Waals surface area contributed by atoms with Gasteiger partial charge in [-0.2, -0.15) is 0 Å². The van der Waals surface area contributed by atoms with Gasteiger partial charge in [0.2, 0.25) is 9.84 Å². The van der Waals surface area contributed by atoms with Crippen molar-refractivity contribution in [3.8, 4) is 0 Å². The van der Waals surface area contributed by atoms with E-state index in [9.17, 15) is 26.9 Å². The molecule has 0 aliphatic heterocycles. The number of hydrogen-bond donors (Lipinski definition) is 1. The summed E-state index contributed by atoms with van der Waals surface area (Å²) in [6.07, 6.45) is 0.427. The number of nitro groups is 1. The molecule has 1 N–H and O–H groups in total. The van der Waals surface area contributed by atoms with Crippen molar-refractivity contribution in [2.24, 2.45) is 0 Å².